The van der Waals surface area contributed by atoms with E-state index in [-0.39, 0.29) is 12.0 Å². The van der Waals surface area contributed by atoms with Crippen LogP contribution >= 0.6 is 0 Å². The zero-order chi connectivity index (χ0) is 13.3. The van der Waals surface area contributed by atoms with Crippen LogP contribution in [-0.4, -0.2) is 25.2 Å². The van der Waals surface area contributed by atoms with E-state index in [1.165, 1.54) is 7.11 Å². The molecule has 0 saturated heterocycles. The molecule has 1 N–H and O–H groups in total. The highest BCUT2D eigenvalue weighted by atomic mass is 16.5. The van der Waals surface area contributed by atoms with Gasteiger partial charge in [-0.25, -0.2) is 0 Å². The molecule has 0 heterocycles. The maximum absolute atomic E-state index is 11.7. The number of esters is 1. The molecule has 1 unspecified atom stereocenters. The molecule has 0 fully saturated rings. The minimum absolute atomic E-state index is 0.129. The highest BCUT2D eigenvalue weighted by Gasteiger charge is 2.22. The molecule has 102 valence electrons. The van der Waals surface area contributed by atoms with Gasteiger partial charge in [-0.15, -0.1) is 0 Å². The quantitative estimate of drug-likeness (QED) is 0.632. The number of hydrogen-bond acceptors (Lipinski definition) is 3. The lowest BCUT2D eigenvalue weighted by molar-refractivity contribution is -0.143. The van der Waals surface area contributed by atoms with E-state index in [0.29, 0.717) is 12.0 Å². The Morgan fingerprint density at radius 1 is 1.18 bits per heavy atom. The Morgan fingerprint density at radius 2 is 1.71 bits per heavy atom. The number of nitrogens with one attached hydrogen (secondary N) is 1. The Morgan fingerprint density at radius 3 is 2.06 bits per heavy atom. The zero-order valence-electron chi connectivity index (χ0n) is 12.1. The minimum atomic E-state index is -0.150. The van der Waals surface area contributed by atoms with Gasteiger partial charge < -0.3 is 10.1 Å². The second-order valence-corrected chi connectivity index (χ2v) is 5.15. The van der Waals surface area contributed by atoms with Gasteiger partial charge in [0, 0.05) is 6.04 Å². The Balaban J connectivity index is 4.40. The van der Waals surface area contributed by atoms with E-state index in [0.717, 1.165) is 32.1 Å². The highest BCUT2D eigenvalue weighted by molar-refractivity contribution is 5.75. The minimum Gasteiger partial charge on any atom is -0.468 e. The fourth-order valence-electron chi connectivity index (χ4n) is 2.14. The van der Waals surface area contributed by atoms with Gasteiger partial charge in [-0.05, 0) is 25.2 Å². The highest BCUT2D eigenvalue weighted by Crippen LogP contribution is 2.11. The molecule has 0 aromatic carbocycles. The van der Waals surface area contributed by atoms with E-state index < -0.39 is 0 Å². The third-order valence-corrected chi connectivity index (χ3v) is 2.90. The van der Waals surface area contributed by atoms with Gasteiger partial charge in [0.25, 0.3) is 0 Å². The summed E-state index contributed by atoms with van der Waals surface area (Å²) in [5, 5.41) is 3.46. The van der Waals surface area contributed by atoms with Gasteiger partial charge in [-0.2, -0.15) is 0 Å². The summed E-state index contributed by atoms with van der Waals surface area (Å²) < 4.78 is 4.87. The van der Waals surface area contributed by atoms with E-state index in [1.807, 2.05) is 0 Å². The molecule has 0 aliphatic rings. The molecule has 0 bridgehead atoms. The molecule has 0 aromatic rings. The van der Waals surface area contributed by atoms with Crippen LogP contribution in [-0.2, 0) is 9.53 Å². The van der Waals surface area contributed by atoms with Crippen LogP contribution in [0.1, 0.15) is 59.8 Å². The summed E-state index contributed by atoms with van der Waals surface area (Å²) in [4.78, 5) is 11.7. The number of hydrogen-bond donors (Lipinski definition) is 1. The summed E-state index contributed by atoms with van der Waals surface area (Å²) >= 11 is 0. The van der Waals surface area contributed by atoms with Gasteiger partial charge in [0.1, 0.15) is 6.04 Å². The fraction of sp³-hybridized carbons (Fsp3) is 0.929. The van der Waals surface area contributed by atoms with Crippen molar-refractivity contribution in [1.82, 2.24) is 5.32 Å². The van der Waals surface area contributed by atoms with E-state index in [1.54, 1.807) is 0 Å². The van der Waals surface area contributed by atoms with E-state index in [4.69, 9.17) is 4.74 Å². The predicted molar refractivity (Wildman–Crippen MR) is 72.0 cm³/mol. The summed E-state index contributed by atoms with van der Waals surface area (Å²) in [5.74, 6) is 0.367. The monoisotopic (exact) mass is 243 g/mol. The van der Waals surface area contributed by atoms with Crippen molar-refractivity contribution in [1.29, 1.82) is 0 Å². The van der Waals surface area contributed by atoms with Crippen molar-refractivity contribution in [2.45, 2.75) is 71.9 Å². The third kappa shape index (κ3) is 7.37. The molecule has 0 radical (unpaired) electrons. The molecule has 0 aliphatic carbocycles. The Hall–Kier alpha value is -0.570. The Bertz CT molecular complexity index is 198. The summed E-state index contributed by atoms with van der Waals surface area (Å²) in [5.41, 5.74) is 0. The number of carbonyl (C=O) groups is 1. The topological polar surface area (TPSA) is 38.3 Å². The average molecular weight is 243 g/mol. The SMILES string of the molecule is CCCC(CCC)NC(CC(C)C)C(=O)OC. The van der Waals surface area contributed by atoms with Crippen LogP contribution < -0.4 is 5.32 Å². The van der Waals surface area contributed by atoms with Crippen LogP contribution in [0.25, 0.3) is 0 Å². The van der Waals surface area contributed by atoms with Crippen LogP contribution in [0.15, 0.2) is 0 Å². The number of rotatable bonds is 9. The van der Waals surface area contributed by atoms with E-state index in [2.05, 4.69) is 33.0 Å². The van der Waals surface area contributed by atoms with E-state index in [9.17, 15) is 4.79 Å². The standard InChI is InChI=1S/C14H29NO2/c1-6-8-12(9-7-2)15-13(10-11(3)4)14(16)17-5/h11-13,15H,6-10H2,1-5H3. The number of carbonyl (C=O) groups excluding carboxylic acids is 1. The van der Waals surface area contributed by atoms with Crippen LogP contribution in [0.4, 0.5) is 0 Å². The van der Waals surface area contributed by atoms with Crippen molar-refractivity contribution in [2.75, 3.05) is 7.11 Å². The maximum Gasteiger partial charge on any atom is 0.322 e. The Kier molecular flexibility index (Phi) is 9.14. The van der Waals surface area contributed by atoms with Crippen LogP contribution in [0.5, 0.6) is 0 Å². The van der Waals surface area contributed by atoms with Crippen molar-refractivity contribution in [3.05, 3.63) is 0 Å². The first-order valence-corrected chi connectivity index (χ1v) is 6.88. The molecular weight excluding hydrogens is 214 g/mol. The van der Waals surface area contributed by atoms with Crippen LogP contribution in [0, 0.1) is 5.92 Å². The number of ether oxygens (including phenoxy) is 1. The van der Waals surface area contributed by atoms with Gasteiger partial charge in [0.15, 0.2) is 0 Å². The molecule has 3 heteroatoms. The molecule has 0 aromatic heterocycles. The van der Waals surface area contributed by atoms with Gasteiger partial charge >= 0.3 is 5.97 Å². The van der Waals surface area contributed by atoms with Crippen molar-refractivity contribution in [3.8, 4) is 0 Å². The van der Waals surface area contributed by atoms with Crippen molar-refractivity contribution >= 4 is 5.97 Å². The van der Waals surface area contributed by atoms with Gasteiger partial charge in [0.2, 0.25) is 0 Å². The predicted octanol–water partition coefficient (Wildman–Crippen LogP) is 3.13. The summed E-state index contributed by atoms with van der Waals surface area (Å²) in [6.45, 7) is 8.62. The van der Waals surface area contributed by atoms with Crippen molar-refractivity contribution in [2.24, 2.45) is 5.92 Å². The molecule has 0 amide bonds. The second kappa shape index (κ2) is 9.46. The van der Waals surface area contributed by atoms with Gasteiger partial charge in [-0.3, -0.25) is 4.79 Å². The van der Waals surface area contributed by atoms with Crippen molar-refractivity contribution < 1.29 is 9.53 Å². The van der Waals surface area contributed by atoms with Crippen LogP contribution in [0.3, 0.4) is 0 Å². The molecule has 0 spiro atoms. The Labute approximate surface area is 106 Å². The summed E-state index contributed by atoms with van der Waals surface area (Å²) in [7, 11) is 1.46. The lowest BCUT2D eigenvalue weighted by Gasteiger charge is -2.25. The second-order valence-electron chi connectivity index (χ2n) is 5.15. The number of methoxy groups -OCH3 is 1. The molecule has 0 rings (SSSR count). The molecule has 0 aliphatic heterocycles. The lowest BCUT2D eigenvalue weighted by atomic mass is 10.0. The first kappa shape index (κ1) is 16.4. The molecule has 1 atom stereocenters. The average Bonchev–Trinajstić information content (AvgIpc) is 2.27. The first-order valence-electron chi connectivity index (χ1n) is 6.88. The largest absolute Gasteiger partial charge is 0.468 e. The molecule has 17 heavy (non-hydrogen) atoms. The summed E-state index contributed by atoms with van der Waals surface area (Å²) in [6, 6.07) is 0.288. The van der Waals surface area contributed by atoms with Gasteiger partial charge in [-0.1, -0.05) is 40.5 Å². The summed E-state index contributed by atoms with van der Waals surface area (Å²) in [6.07, 6.45) is 5.38. The molecular formula is C14H29NO2. The molecule has 3 nitrogen and oxygen atoms in total. The van der Waals surface area contributed by atoms with Gasteiger partial charge in [0.05, 0.1) is 7.11 Å². The lowest BCUT2D eigenvalue weighted by Crippen LogP contribution is -2.44. The smallest absolute Gasteiger partial charge is 0.322 e. The van der Waals surface area contributed by atoms with E-state index >= 15 is 0 Å². The fourth-order valence-corrected chi connectivity index (χ4v) is 2.14. The molecule has 0 saturated carbocycles. The first-order chi connectivity index (χ1) is 8.04. The van der Waals surface area contributed by atoms with Crippen molar-refractivity contribution in [3.63, 3.8) is 0 Å². The zero-order valence-corrected chi connectivity index (χ0v) is 12.1. The van der Waals surface area contributed by atoms with Crippen LogP contribution in [0.2, 0.25) is 0 Å². The normalized spacial score (nSPS) is 13.1. The third-order valence-electron chi connectivity index (χ3n) is 2.90. The maximum atomic E-state index is 11.7.